The van der Waals surface area contributed by atoms with Crippen LogP contribution >= 0.6 is 23.2 Å². The van der Waals surface area contributed by atoms with Gasteiger partial charge in [-0.2, -0.15) is 5.10 Å². The van der Waals surface area contributed by atoms with E-state index < -0.39 is 11.9 Å². The number of carbonyl (C=O) groups excluding carboxylic acids is 2. The van der Waals surface area contributed by atoms with E-state index in [0.29, 0.717) is 27.6 Å². The number of halogens is 2. The molecule has 7 nitrogen and oxygen atoms in total. The fourth-order valence-corrected chi connectivity index (χ4v) is 2.99. The van der Waals surface area contributed by atoms with E-state index in [1.54, 1.807) is 42.5 Å². The molecule has 0 saturated carbocycles. The maximum Gasteiger partial charge on any atom is 0.343 e. The zero-order valence-corrected chi connectivity index (χ0v) is 18.6. The molecule has 0 aromatic heterocycles. The number of methoxy groups -OCH3 is 2. The van der Waals surface area contributed by atoms with Gasteiger partial charge in [-0.15, -0.1) is 0 Å². The summed E-state index contributed by atoms with van der Waals surface area (Å²) in [5.74, 6) is -0.0857. The third-order valence-corrected chi connectivity index (χ3v) is 5.02. The summed E-state index contributed by atoms with van der Waals surface area (Å²) in [6.45, 7) is 0. The van der Waals surface area contributed by atoms with Crippen molar-refractivity contribution in [3.63, 3.8) is 0 Å². The van der Waals surface area contributed by atoms with Gasteiger partial charge in [0.05, 0.1) is 41.6 Å². The lowest BCUT2D eigenvalue weighted by molar-refractivity contribution is 0.0729. The minimum absolute atomic E-state index is 0.207. The van der Waals surface area contributed by atoms with Gasteiger partial charge in [0.1, 0.15) is 5.75 Å². The lowest BCUT2D eigenvalue weighted by atomic mass is 10.2. The first-order valence-electron chi connectivity index (χ1n) is 9.24. The fraction of sp³-hybridized carbons (Fsp3) is 0.0870. The van der Waals surface area contributed by atoms with Gasteiger partial charge < -0.3 is 14.2 Å². The Hall–Kier alpha value is -3.55. The van der Waals surface area contributed by atoms with Crippen LogP contribution in [0, 0.1) is 0 Å². The van der Waals surface area contributed by atoms with Crippen molar-refractivity contribution in [2.75, 3.05) is 14.2 Å². The van der Waals surface area contributed by atoms with Gasteiger partial charge in [0.2, 0.25) is 0 Å². The molecule has 0 aliphatic rings. The van der Waals surface area contributed by atoms with Crippen molar-refractivity contribution in [3.05, 3.63) is 87.4 Å². The summed E-state index contributed by atoms with van der Waals surface area (Å²) in [6, 6.07) is 16.1. The molecule has 1 amide bonds. The molecule has 0 unspecified atom stereocenters. The molecule has 0 aliphatic carbocycles. The van der Waals surface area contributed by atoms with E-state index in [0.717, 1.165) is 0 Å². The molecule has 3 rings (SSSR count). The molecular formula is C23H18Cl2N2O5. The number of hydrogen-bond donors (Lipinski definition) is 1. The molecule has 1 N–H and O–H groups in total. The van der Waals surface area contributed by atoms with E-state index in [9.17, 15) is 9.59 Å². The second kappa shape index (κ2) is 10.7. The average Bonchev–Trinajstić information content (AvgIpc) is 2.81. The van der Waals surface area contributed by atoms with Crippen LogP contribution in [-0.4, -0.2) is 32.3 Å². The zero-order chi connectivity index (χ0) is 23.1. The maximum absolute atomic E-state index is 12.4. The molecule has 32 heavy (non-hydrogen) atoms. The number of nitrogens with zero attached hydrogens (tertiary/aromatic N) is 1. The van der Waals surface area contributed by atoms with Crippen LogP contribution in [0.15, 0.2) is 65.8 Å². The number of amides is 1. The highest BCUT2D eigenvalue weighted by molar-refractivity contribution is 6.42. The number of carbonyl (C=O) groups is 2. The lowest BCUT2D eigenvalue weighted by Crippen LogP contribution is -2.18. The van der Waals surface area contributed by atoms with Gasteiger partial charge in [0, 0.05) is 0 Å². The summed E-state index contributed by atoms with van der Waals surface area (Å²) in [5, 5.41) is 4.53. The average molecular weight is 473 g/mol. The van der Waals surface area contributed by atoms with Crippen molar-refractivity contribution in [2.45, 2.75) is 0 Å². The van der Waals surface area contributed by atoms with Crippen molar-refractivity contribution in [3.8, 4) is 17.2 Å². The Labute approximate surface area is 194 Å². The van der Waals surface area contributed by atoms with Crippen LogP contribution in [0.25, 0.3) is 0 Å². The quantitative estimate of drug-likeness (QED) is 0.226. The Bertz CT molecular complexity index is 1180. The van der Waals surface area contributed by atoms with E-state index in [4.69, 9.17) is 37.4 Å². The summed E-state index contributed by atoms with van der Waals surface area (Å²) >= 11 is 11.8. The van der Waals surface area contributed by atoms with Crippen molar-refractivity contribution in [1.82, 2.24) is 5.43 Å². The van der Waals surface area contributed by atoms with E-state index in [1.165, 1.54) is 38.6 Å². The molecule has 164 valence electrons. The maximum atomic E-state index is 12.4. The SMILES string of the molecule is COc1cc(C=NNC(=O)c2ccccc2OC)ccc1OC(=O)c1ccc(Cl)c(Cl)c1. The number of ether oxygens (including phenoxy) is 3. The van der Waals surface area contributed by atoms with Crippen LogP contribution in [0.4, 0.5) is 0 Å². The molecule has 3 aromatic carbocycles. The predicted molar refractivity (Wildman–Crippen MR) is 122 cm³/mol. The molecule has 0 atom stereocenters. The first-order chi connectivity index (χ1) is 15.4. The minimum Gasteiger partial charge on any atom is -0.496 e. The van der Waals surface area contributed by atoms with Gasteiger partial charge in [0.25, 0.3) is 5.91 Å². The van der Waals surface area contributed by atoms with Gasteiger partial charge in [-0.25, -0.2) is 10.2 Å². The molecular weight excluding hydrogens is 455 g/mol. The van der Waals surface area contributed by atoms with Crippen LogP contribution in [0.1, 0.15) is 26.3 Å². The van der Waals surface area contributed by atoms with Crippen molar-refractivity contribution >= 4 is 41.3 Å². The van der Waals surface area contributed by atoms with Crippen LogP contribution < -0.4 is 19.6 Å². The van der Waals surface area contributed by atoms with Crippen molar-refractivity contribution < 1.29 is 23.8 Å². The lowest BCUT2D eigenvalue weighted by Gasteiger charge is -2.10. The largest absolute Gasteiger partial charge is 0.496 e. The number of nitrogens with one attached hydrogen (secondary N) is 1. The van der Waals surface area contributed by atoms with Crippen LogP contribution in [0.2, 0.25) is 10.0 Å². The first kappa shape index (κ1) is 23.1. The van der Waals surface area contributed by atoms with Crippen molar-refractivity contribution in [2.24, 2.45) is 5.10 Å². The summed E-state index contributed by atoms with van der Waals surface area (Å²) in [4.78, 5) is 24.7. The van der Waals surface area contributed by atoms with Crippen LogP contribution in [0.5, 0.6) is 17.2 Å². The zero-order valence-electron chi connectivity index (χ0n) is 17.1. The van der Waals surface area contributed by atoms with E-state index >= 15 is 0 Å². The Balaban J connectivity index is 1.70. The fourth-order valence-electron chi connectivity index (χ4n) is 2.69. The third-order valence-electron chi connectivity index (χ3n) is 4.28. The van der Waals surface area contributed by atoms with Crippen molar-refractivity contribution in [1.29, 1.82) is 0 Å². The van der Waals surface area contributed by atoms with E-state index in [-0.39, 0.29) is 16.3 Å². The molecule has 0 bridgehead atoms. The highest BCUT2D eigenvalue weighted by atomic mass is 35.5. The van der Waals surface area contributed by atoms with Crippen LogP contribution in [-0.2, 0) is 0 Å². The summed E-state index contributed by atoms with van der Waals surface area (Å²) in [7, 11) is 2.92. The van der Waals surface area contributed by atoms with E-state index in [1.807, 2.05) is 0 Å². The number of rotatable bonds is 7. The van der Waals surface area contributed by atoms with Gasteiger partial charge in [-0.05, 0) is 54.1 Å². The monoisotopic (exact) mass is 472 g/mol. The Morgan fingerprint density at radius 3 is 2.34 bits per heavy atom. The normalized spacial score (nSPS) is 10.6. The number of para-hydroxylation sites is 1. The summed E-state index contributed by atoms with van der Waals surface area (Å²) < 4.78 is 15.9. The minimum atomic E-state index is -0.618. The predicted octanol–water partition coefficient (Wildman–Crippen LogP) is 4.99. The second-order valence-electron chi connectivity index (χ2n) is 6.33. The molecule has 3 aromatic rings. The molecule has 0 fully saturated rings. The number of hydrogen-bond acceptors (Lipinski definition) is 6. The third kappa shape index (κ3) is 5.57. The van der Waals surface area contributed by atoms with Gasteiger partial charge in [0.15, 0.2) is 11.5 Å². The topological polar surface area (TPSA) is 86.2 Å². The van der Waals surface area contributed by atoms with Gasteiger partial charge in [-0.3, -0.25) is 4.79 Å². The molecule has 0 saturated heterocycles. The van der Waals surface area contributed by atoms with Gasteiger partial charge >= 0.3 is 5.97 Å². The Morgan fingerprint density at radius 1 is 0.875 bits per heavy atom. The molecule has 0 heterocycles. The number of hydrazone groups is 1. The Kier molecular flexibility index (Phi) is 7.70. The van der Waals surface area contributed by atoms with Gasteiger partial charge in [-0.1, -0.05) is 35.3 Å². The highest BCUT2D eigenvalue weighted by Gasteiger charge is 2.14. The summed E-state index contributed by atoms with van der Waals surface area (Å²) in [5.41, 5.74) is 3.64. The number of benzene rings is 3. The van der Waals surface area contributed by atoms with E-state index in [2.05, 4.69) is 10.5 Å². The first-order valence-corrected chi connectivity index (χ1v) is 10.00. The number of esters is 1. The molecule has 0 radical (unpaired) electrons. The standard InChI is InChI=1S/C23H18Cl2N2O5/c1-30-19-6-4-3-5-16(19)22(28)27-26-13-14-7-10-20(21(11-14)31-2)32-23(29)15-8-9-17(24)18(25)12-15/h3-13H,1-2H3,(H,27,28). The molecule has 0 spiro atoms. The molecule has 9 heteroatoms. The smallest absolute Gasteiger partial charge is 0.343 e. The second-order valence-corrected chi connectivity index (χ2v) is 7.14. The van der Waals surface area contributed by atoms with Crippen LogP contribution in [0.3, 0.4) is 0 Å². The summed E-state index contributed by atoms with van der Waals surface area (Å²) in [6.07, 6.45) is 1.43. The Morgan fingerprint density at radius 2 is 1.62 bits per heavy atom. The molecule has 0 aliphatic heterocycles. The highest BCUT2D eigenvalue weighted by Crippen LogP contribution is 2.29.